The van der Waals surface area contributed by atoms with Gasteiger partial charge in [-0.3, -0.25) is 14.6 Å². The number of halogens is 1. The highest BCUT2D eigenvalue weighted by Gasteiger charge is 2.28. The Bertz CT molecular complexity index is 1690. The van der Waals surface area contributed by atoms with Gasteiger partial charge in [0, 0.05) is 29.2 Å². The first-order valence-electron chi connectivity index (χ1n) is 12.1. The van der Waals surface area contributed by atoms with Crippen LogP contribution in [0.1, 0.15) is 32.0 Å². The predicted molar refractivity (Wildman–Crippen MR) is 148 cm³/mol. The molecule has 3 N–H and O–H groups in total. The van der Waals surface area contributed by atoms with Crippen molar-refractivity contribution >= 4 is 29.1 Å². The highest BCUT2D eigenvalue weighted by atomic mass is 35.5. The smallest absolute Gasteiger partial charge is 0.269 e. The van der Waals surface area contributed by atoms with Gasteiger partial charge in [0.25, 0.3) is 11.8 Å². The number of pyridine rings is 1. The minimum absolute atomic E-state index is 0.257. The third-order valence-electron chi connectivity index (χ3n) is 6.71. The Hall–Kier alpha value is -4.75. The molecule has 0 fully saturated rings. The summed E-state index contributed by atoms with van der Waals surface area (Å²) in [5.41, 5.74) is 13.4. The Balaban J connectivity index is 1.42. The third kappa shape index (κ3) is 4.23. The van der Waals surface area contributed by atoms with Crippen molar-refractivity contribution in [2.24, 2.45) is 5.73 Å². The predicted octanol–water partition coefficient (Wildman–Crippen LogP) is 5.70. The van der Waals surface area contributed by atoms with Gasteiger partial charge in [0.15, 0.2) is 5.69 Å². The number of nitrogens with one attached hydrogen (secondary N) is 1. The summed E-state index contributed by atoms with van der Waals surface area (Å²) in [6, 6.07) is 24.5. The van der Waals surface area contributed by atoms with Gasteiger partial charge in [-0.2, -0.15) is 5.10 Å². The molecular weight excluding hydrogens is 498 g/mol. The molecule has 7 nitrogen and oxygen atoms in total. The molecule has 0 unspecified atom stereocenters. The molecule has 3 aromatic carbocycles. The maximum Gasteiger partial charge on any atom is 0.269 e. The quantitative estimate of drug-likeness (QED) is 0.310. The van der Waals surface area contributed by atoms with Gasteiger partial charge < -0.3 is 11.1 Å². The van der Waals surface area contributed by atoms with Crippen molar-refractivity contribution in [3.63, 3.8) is 0 Å². The number of carbonyl (C=O) groups is 2. The van der Waals surface area contributed by atoms with E-state index in [1.165, 1.54) is 0 Å². The largest absolute Gasteiger partial charge is 0.364 e. The van der Waals surface area contributed by atoms with Crippen LogP contribution in [0, 0.1) is 0 Å². The lowest BCUT2D eigenvalue weighted by Crippen LogP contribution is -2.15. The molecule has 6 rings (SSSR count). The van der Waals surface area contributed by atoms with Gasteiger partial charge in [-0.1, -0.05) is 48.0 Å². The lowest BCUT2D eigenvalue weighted by molar-refractivity contribution is 0.0992. The minimum atomic E-state index is -0.571. The average Bonchev–Trinajstić information content (AvgIpc) is 3.34. The first-order valence-corrected chi connectivity index (χ1v) is 12.5. The van der Waals surface area contributed by atoms with Crippen molar-refractivity contribution in [1.29, 1.82) is 0 Å². The number of anilines is 1. The van der Waals surface area contributed by atoms with Crippen molar-refractivity contribution in [3.05, 3.63) is 119 Å². The fourth-order valence-corrected chi connectivity index (χ4v) is 5.09. The SMILES string of the molecule is NC(=O)c1nn(-c2ccc(-c3cccnc3)cc2)c2c1CCc1ccc(NC(=O)c3ccccc3Cl)cc1-2. The van der Waals surface area contributed by atoms with Gasteiger partial charge in [-0.15, -0.1) is 0 Å². The van der Waals surface area contributed by atoms with Crippen molar-refractivity contribution in [2.45, 2.75) is 12.8 Å². The standard InChI is InChI=1S/C30H22ClN5O2/c31-26-6-2-1-5-23(26)30(38)34-21-11-7-19-10-14-24-27(29(32)37)35-36(28(24)25(19)16-21)22-12-8-18(9-13-22)20-4-3-15-33-17-20/h1-9,11-13,15-17H,10,14H2,(H2,32,37)(H,34,38). The minimum Gasteiger partial charge on any atom is -0.364 e. The molecule has 5 aromatic rings. The summed E-state index contributed by atoms with van der Waals surface area (Å²) in [4.78, 5) is 29.4. The summed E-state index contributed by atoms with van der Waals surface area (Å²) >= 11 is 6.22. The summed E-state index contributed by atoms with van der Waals surface area (Å²) in [5, 5.41) is 7.96. The van der Waals surface area contributed by atoms with Crippen LogP contribution in [0.4, 0.5) is 5.69 Å². The molecule has 186 valence electrons. The fourth-order valence-electron chi connectivity index (χ4n) is 4.87. The van der Waals surface area contributed by atoms with E-state index in [9.17, 15) is 9.59 Å². The fraction of sp³-hybridized carbons (Fsp3) is 0.0667. The van der Waals surface area contributed by atoms with Crippen LogP contribution >= 0.6 is 11.6 Å². The van der Waals surface area contributed by atoms with Crippen molar-refractivity contribution < 1.29 is 9.59 Å². The second-order valence-corrected chi connectivity index (χ2v) is 9.45. The number of nitrogens with two attached hydrogens (primary N) is 1. The van der Waals surface area contributed by atoms with E-state index >= 15 is 0 Å². The maximum atomic E-state index is 12.9. The molecule has 0 atom stereocenters. The topological polar surface area (TPSA) is 103 Å². The number of fused-ring (bicyclic) bond motifs is 3. The highest BCUT2D eigenvalue weighted by Crippen LogP contribution is 2.38. The number of benzene rings is 3. The van der Waals surface area contributed by atoms with E-state index in [0.29, 0.717) is 22.7 Å². The molecular formula is C30H22ClN5O2. The third-order valence-corrected chi connectivity index (χ3v) is 7.04. The second-order valence-electron chi connectivity index (χ2n) is 9.05. The van der Waals surface area contributed by atoms with Gasteiger partial charge >= 0.3 is 0 Å². The number of nitrogens with zero attached hydrogens (tertiary/aromatic N) is 3. The lowest BCUT2D eigenvalue weighted by atomic mass is 9.88. The zero-order valence-corrected chi connectivity index (χ0v) is 20.9. The van der Waals surface area contributed by atoms with Gasteiger partial charge in [-0.25, -0.2) is 4.68 Å². The van der Waals surface area contributed by atoms with Gasteiger partial charge in [0.05, 0.1) is 22.0 Å². The molecule has 0 saturated heterocycles. The number of aromatic nitrogens is 3. The van der Waals surface area contributed by atoms with E-state index < -0.39 is 5.91 Å². The van der Waals surface area contributed by atoms with Gasteiger partial charge in [0.2, 0.25) is 0 Å². The Labute approximate surface area is 223 Å². The van der Waals surface area contributed by atoms with E-state index in [2.05, 4.69) is 15.4 Å². The first-order chi connectivity index (χ1) is 18.5. The summed E-state index contributed by atoms with van der Waals surface area (Å²) in [6.45, 7) is 0. The average molecular weight is 520 g/mol. The summed E-state index contributed by atoms with van der Waals surface area (Å²) in [6.07, 6.45) is 4.92. The summed E-state index contributed by atoms with van der Waals surface area (Å²) < 4.78 is 1.76. The van der Waals surface area contributed by atoms with E-state index in [4.69, 9.17) is 17.3 Å². The molecule has 2 heterocycles. The van der Waals surface area contributed by atoms with Crippen LogP contribution in [0.5, 0.6) is 0 Å². The van der Waals surface area contributed by atoms with E-state index in [1.54, 1.807) is 35.1 Å². The Morgan fingerprint density at radius 3 is 2.47 bits per heavy atom. The van der Waals surface area contributed by atoms with Crippen LogP contribution in [0.25, 0.3) is 28.1 Å². The Kier molecular flexibility index (Phi) is 5.98. The van der Waals surface area contributed by atoms with E-state index in [-0.39, 0.29) is 11.6 Å². The molecule has 1 aliphatic carbocycles. The summed E-state index contributed by atoms with van der Waals surface area (Å²) in [7, 11) is 0. The number of aryl methyl sites for hydroxylation is 1. The van der Waals surface area contributed by atoms with Gasteiger partial charge in [-0.05, 0) is 72.0 Å². The van der Waals surface area contributed by atoms with Crippen LogP contribution in [0.3, 0.4) is 0 Å². The summed E-state index contributed by atoms with van der Waals surface area (Å²) in [5.74, 6) is -0.873. The van der Waals surface area contributed by atoms with Crippen LogP contribution in [0.15, 0.2) is 91.3 Å². The number of hydrogen-bond acceptors (Lipinski definition) is 4. The monoisotopic (exact) mass is 519 g/mol. The van der Waals surface area contributed by atoms with Crippen LogP contribution in [-0.4, -0.2) is 26.6 Å². The van der Waals surface area contributed by atoms with Crippen LogP contribution in [0.2, 0.25) is 5.02 Å². The van der Waals surface area contributed by atoms with E-state index in [1.807, 2.05) is 60.8 Å². The Morgan fingerprint density at radius 2 is 1.74 bits per heavy atom. The molecule has 38 heavy (non-hydrogen) atoms. The number of amides is 2. The number of rotatable bonds is 5. The normalized spacial score (nSPS) is 11.9. The van der Waals surface area contributed by atoms with Crippen molar-refractivity contribution in [1.82, 2.24) is 14.8 Å². The first kappa shape index (κ1) is 23.6. The molecule has 2 amide bonds. The zero-order valence-electron chi connectivity index (χ0n) is 20.2. The second kappa shape index (κ2) is 9.61. The Morgan fingerprint density at radius 1 is 0.921 bits per heavy atom. The van der Waals surface area contributed by atoms with Crippen molar-refractivity contribution in [3.8, 4) is 28.1 Å². The molecule has 1 aliphatic rings. The maximum absolute atomic E-state index is 12.9. The molecule has 0 radical (unpaired) electrons. The lowest BCUT2D eigenvalue weighted by Gasteiger charge is -2.20. The van der Waals surface area contributed by atoms with Crippen LogP contribution in [-0.2, 0) is 12.8 Å². The number of hydrogen-bond donors (Lipinski definition) is 2. The van der Waals surface area contributed by atoms with Crippen molar-refractivity contribution in [2.75, 3.05) is 5.32 Å². The van der Waals surface area contributed by atoms with Crippen LogP contribution < -0.4 is 11.1 Å². The van der Waals surface area contributed by atoms with E-state index in [0.717, 1.165) is 45.6 Å². The highest BCUT2D eigenvalue weighted by molar-refractivity contribution is 6.34. The molecule has 0 spiro atoms. The molecule has 8 heteroatoms. The molecule has 0 saturated carbocycles. The van der Waals surface area contributed by atoms with Gasteiger partial charge in [0.1, 0.15) is 0 Å². The number of primary amides is 1. The zero-order chi connectivity index (χ0) is 26.2. The molecule has 0 aliphatic heterocycles. The molecule has 2 aromatic heterocycles. The number of carbonyl (C=O) groups excluding carboxylic acids is 2. The molecule has 0 bridgehead atoms.